The maximum atomic E-state index is 6.21. The molecule has 20 heavy (non-hydrogen) atoms. The molecule has 0 aromatic heterocycles. The molecule has 3 aromatic carbocycles. The smallest absolute Gasteiger partial charge is 0.127 e. The van der Waals surface area contributed by atoms with Crippen LogP contribution in [-0.4, -0.2) is 0 Å². The first-order valence-electron chi connectivity index (χ1n) is 6.28. The van der Waals surface area contributed by atoms with Gasteiger partial charge < -0.3 is 4.74 Å². The third-order valence-corrected chi connectivity index (χ3v) is 3.94. The van der Waals surface area contributed by atoms with Crippen LogP contribution in [-0.2, 0) is 6.61 Å². The van der Waals surface area contributed by atoms with E-state index in [-0.39, 0.29) is 0 Å². The van der Waals surface area contributed by atoms with E-state index in [1.807, 2.05) is 54.6 Å². The van der Waals surface area contributed by atoms with Gasteiger partial charge in [0, 0.05) is 20.3 Å². The van der Waals surface area contributed by atoms with Crippen molar-refractivity contribution in [3.8, 4) is 5.75 Å². The van der Waals surface area contributed by atoms with Crippen LogP contribution in [0.3, 0.4) is 0 Å². The molecule has 0 unspecified atom stereocenters. The van der Waals surface area contributed by atoms with Crippen LogP contribution in [0.15, 0.2) is 65.1 Å². The maximum absolute atomic E-state index is 6.21. The number of rotatable bonds is 3. The Balaban J connectivity index is 1.90. The molecule has 0 aliphatic carbocycles. The number of hydrogen-bond acceptors (Lipinski definition) is 1. The molecule has 0 saturated carbocycles. The third kappa shape index (κ3) is 2.82. The molecular formula is C17H12BrClO. The van der Waals surface area contributed by atoms with Gasteiger partial charge >= 0.3 is 0 Å². The van der Waals surface area contributed by atoms with Gasteiger partial charge in [-0.05, 0) is 29.8 Å². The Labute approximate surface area is 131 Å². The van der Waals surface area contributed by atoms with Gasteiger partial charge in [-0.15, -0.1) is 0 Å². The summed E-state index contributed by atoms with van der Waals surface area (Å²) in [6.07, 6.45) is 0. The number of fused-ring (bicyclic) bond motifs is 1. The van der Waals surface area contributed by atoms with Crippen LogP contribution in [0.25, 0.3) is 10.8 Å². The lowest BCUT2D eigenvalue weighted by molar-refractivity contribution is 0.310. The van der Waals surface area contributed by atoms with Gasteiger partial charge in [-0.25, -0.2) is 0 Å². The molecule has 3 heteroatoms. The molecule has 0 heterocycles. The molecule has 0 N–H and O–H groups in total. The van der Waals surface area contributed by atoms with Crippen molar-refractivity contribution in [1.29, 1.82) is 0 Å². The van der Waals surface area contributed by atoms with Gasteiger partial charge in [0.25, 0.3) is 0 Å². The van der Waals surface area contributed by atoms with E-state index >= 15 is 0 Å². The summed E-state index contributed by atoms with van der Waals surface area (Å²) in [6, 6.07) is 19.9. The maximum Gasteiger partial charge on any atom is 0.127 e. The van der Waals surface area contributed by atoms with Crippen molar-refractivity contribution in [2.75, 3.05) is 0 Å². The molecule has 0 amide bonds. The third-order valence-electron chi connectivity index (χ3n) is 3.11. The second-order valence-corrected chi connectivity index (χ2v) is 5.83. The Morgan fingerprint density at radius 3 is 2.50 bits per heavy atom. The topological polar surface area (TPSA) is 9.23 Å². The summed E-state index contributed by atoms with van der Waals surface area (Å²) in [5.74, 6) is 0.852. The lowest BCUT2D eigenvalue weighted by Crippen LogP contribution is -1.96. The van der Waals surface area contributed by atoms with Crippen LogP contribution in [0, 0.1) is 0 Å². The zero-order valence-electron chi connectivity index (χ0n) is 10.6. The van der Waals surface area contributed by atoms with E-state index in [0.717, 1.165) is 31.6 Å². The molecule has 0 aliphatic rings. The predicted octanol–water partition coefficient (Wildman–Crippen LogP) is 5.83. The number of benzene rings is 3. The van der Waals surface area contributed by atoms with Gasteiger partial charge in [0.15, 0.2) is 0 Å². The molecule has 0 saturated heterocycles. The number of hydrogen-bond donors (Lipinski definition) is 0. The van der Waals surface area contributed by atoms with Gasteiger partial charge in [-0.2, -0.15) is 0 Å². The summed E-state index contributed by atoms with van der Waals surface area (Å²) in [7, 11) is 0. The second kappa shape index (κ2) is 5.86. The van der Waals surface area contributed by atoms with Crippen LogP contribution >= 0.6 is 27.5 Å². The fourth-order valence-corrected chi connectivity index (χ4v) is 2.82. The minimum absolute atomic E-state index is 0.533. The van der Waals surface area contributed by atoms with E-state index < -0.39 is 0 Å². The first-order valence-corrected chi connectivity index (χ1v) is 7.45. The SMILES string of the molecule is Clc1ccc(OCc2cccc(Br)c2)c2ccccc12. The van der Waals surface area contributed by atoms with Crippen molar-refractivity contribution in [2.45, 2.75) is 6.61 Å². The van der Waals surface area contributed by atoms with E-state index in [4.69, 9.17) is 16.3 Å². The number of ether oxygens (including phenoxy) is 1. The molecule has 0 spiro atoms. The van der Waals surface area contributed by atoms with Gasteiger partial charge in [0.1, 0.15) is 12.4 Å². The fraction of sp³-hybridized carbons (Fsp3) is 0.0588. The van der Waals surface area contributed by atoms with Gasteiger partial charge in [-0.1, -0.05) is 63.9 Å². The molecule has 3 rings (SSSR count). The Kier molecular flexibility index (Phi) is 3.95. The highest BCUT2D eigenvalue weighted by Gasteiger charge is 2.05. The average Bonchev–Trinajstić information content (AvgIpc) is 2.47. The molecule has 1 nitrogen and oxygen atoms in total. The fourth-order valence-electron chi connectivity index (χ4n) is 2.15. The summed E-state index contributed by atoms with van der Waals surface area (Å²) < 4.78 is 6.99. The van der Waals surface area contributed by atoms with Gasteiger partial charge in [0.2, 0.25) is 0 Å². The van der Waals surface area contributed by atoms with Crippen molar-refractivity contribution in [1.82, 2.24) is 0 Å². The standard InChI is InChI=1S/C17H12BrClO/c18-13-5-3-4-12(10-13)11-20-17-9-8-16(19)14-6-1-2-7-15(14)17/h1-10H,11H2. The summed E-state index contributed by atoms with van der Waals surface area (Å²) in [5.41, 5.74) is 1.12. The Morgan fingerprint density at radius 2 is 1.70 bits per heavy atom. The summed E-state index contributed by atoms with van der Waals surface area (Å²) in [6.45, 7) is 0.533. The van der Waals surface area contributed by atoms with Crippen molar-refractivity contribution in [3.63, 3.8) is 0 Å². The number of halogens is 2. The zero-order valence-corrected chi connectivity index (χ0v) is 13.0. The predicted molar refractivity (Wildman–Crippen MR) is 87.4 cm³/mol. The van der Waals surface area contributed by atoms with E-state index in [9.17, 15) is 0 Å². The monoisotopic (exact) mass is 346 g/mol. The average molecular weight is 348 g/mol. The Morgan fingerprint density at radius 1 is 0.900 bits per heavy atom. The molecule has 0 fully saturated rings. The highest BCUT2D eigenvalue weighted by atomic mass is 79.9. The van der Waals surface area contributed by atoms with E-state index in [1.54, 1.807) is 0 Å². The lowest BCUT2D eigenvalue weighted by Gasteiger charge is -2.10. The van der Waals surface area contributed by atoms with E-state index in [0.29, 0.717) is 6.61 Å². The minimum Gasteiger partial charge on any atom is -0.488 e. The van der Waals surface area contributed by atoms with Crippen molar-refractivity contribution >= 4 is 38.3 Å². The van der Waals surface area contributed by atoms with Crippen molar-refractivity contribution < 1.29 is 4.74 Å². The molecular weight excluding hydrogens is 336 g/mol. The summed E-state index contributed by atoms with van der Waals surface area (Å²) in [4.78, 5) is 0. The first kappa shape index (κ1) is 13.5. The van der Waals surface area contributed by atoms with E-state index in [2.05, 4.69) is 22.0 Å². The van der Waals surface area contributed by atoms with Crippen molar-refractivity contribution in [2.24, 2.45) is 0 Å². The normalized spacial score (nSPS) is 10.7. The van der Waals surface area contributed by atoms with Crippen LogP contribution in [0.2, 0.25) is 5.02 Å². The molecule has 0 aliphatic heterocycles. The second-order valence-electron chi connectivity index (χ2n) is 4.51. The van der Waals surface area contributed by atoms with Gasteiger partial charge in [-0.3, -0.25) is 0 Å². The molecule has 100 valence electrons. The summed E-state index contributed by atoms with van der Waals surface area (Å²) >= 11 is 9.67. The summed E-state index contributed by atoms with van der Waals surface area (Å²) in [5, 5.41) is 2.80. The quantitative estimate of drug-likeness (QED) is 0.579. The molecule has 0 atom stereocenters. The highest BCUT2D eigenvalue weighted by Crippen LogP contribution is 2.31. The van der Waals surface area contributed by atoms with Crippen LogP contribution in [0.5, 0.6) is 5.75 Å². The van der Waals surface area contributed by atoms with Crippen LogP contribution < -0.4 is 4.74 Å². The molecule has 0 radical (unpaired) electrons. The lowest BCUT2D eigenvalue weighted by atomic mass is 10.1. The molecule has 0 bridgehead atoms. The van der Waals surface area contributed by atoms with Gasteiger partial charge in [0.05, 0.1) is 0 Å². The van der Waals surface area contributed by atoms with Crippen LogP contribution in [0.4, 0.5) is 0 Å². The Bertz CT molecular complexity index is 755. The highest BCUT2D eigenvalue weighted by molar-refractivity contribution is 9.10. The Hall–Kier alpha value is -1.51. The largest absolute Gasteiger partial charge is 0.488 e. The first-order chi connectivity index (χ1) is 9.74. The minimum atomic E-state index is 0.533. The van der Waals surface area contributed by atoms with Crippen molar-refractivity contribution in [3.05, 3.63) is 75.7 Å². The zero-order chi connectivity index (χ0) is 13.9. The molecule has 3 aromatic rings. The van der Waals surface area contributed by atoms with E-state index in [1.165, 1.54) is 0 Å². The van der Waals surface area contributed by atoms with Crippen LogP contribution in [0.1, 0.15) is 5.56 Å².